The summed E-state index contributed by atoms with van der Waals surface area (Å²) < 4.78 is 0. The molecule has 2 nitrogen and oxygen atoms in total. The fourth-order valence-corrected chi connectivity index (χ4v) is 2.92. The van der Waals surface area contributed by atoms with Crippen molar-refractivity contribution >= 4 is 22.6 Å². The highest BCUT2D eigenvalue weighted by atomic mass is 35.5. The van der Waals surface area contributed by atoms with Crippen molar-refractivity contribution in [2.24, 2.45) is 0 Å². The number of imidazole rings is 1. The molecule has 3 rings (SSSR count). The predicted molar refractivity (Wildman–Crippen MR) is 90.1 cm³/mol. The second-order valence-electron chi connectivity index (χ2n) is 5.31. The van der Waals surface area contributed by atoms with Crippen LogP contribution in [0.15, 0.2) is 36.4 Å². The zero-order valence-electron chi connectivity index (χ0n) is 12.4. The fourth-order valence-electron chi connectivity index (χ4n) is 2.70. The summed E-state index contributed by atoms with van der Waals surface area (Å²) in [4.78, 5) is 8.06. The average molecular weight is 299 g/mol. The first-order valence-corrected chi connectivity index (χ1v) is 7.90. The van der Waals surface area contributed by atoms with Gasteiger partial charge in [-0.05, 0) is 41.7 Å². The first-order chi connectivity index (χ1) is 10.2. The molecule has 0 amide bonds. The van der Waals surface area contributed by atoms with Gasteiger partial charge < -0.3 is 4.98 Å². The van der Waals surface area contributed by atoms with Crippen LogP contribution in [0, 0.1) is 6.92 Å². The van der Waals surface area contributed by atoms with Gasteiger partial charge in [0.05, 0.1) is 11.0 Å². The molecular formula is C18H19ClN2. The topological polar surface area (TPSA) is 28.7 Å². The summed E-state index contributed by atoms with van der Waals surface area (Å²) in [5.74, 6) is 1.71. The molecule has 2 aromatic carbocycles. The monoisotopic (exact) mass is 298 g/mol. The van der Waals surface area contributed by atoms with E-state index in [2.05, 4.69) is 55.2 Å². The summed E-state index contributed by atoms with van der Waals surface area (Å²) in [7, 11) is 0. The Morgan fingerprint density at radius 3 is 2.52 bits per heavy atom. The molecule has 0 saturated heterocycles. The lowest BCUT2D eigenvalue weighted by Gasteiger charge is -2.07. The van der Waals surface area contributed by atoms with Gasteiger partial charge in [0.2, 0.25) is 0 Å². The van der Waals surface area contributed by atoms with Crippen molar-refractivity contribution in [1.82, 2.24) is 9.97 Å². The molecular weight excluding hydrogens is 280 g/mol. The largest absolute Gasteiger partial charge is 0.342 e. The van der Waals surface area contributed by atoms with E-state index in [4.69, 9.17) is 16.6 Å². The number of aromatic nitrogens is 2. The molecule has 0 radical (unpaired) electrons. The Morgan fingerprint density at radius 2 is 1.86 bits per heavy atom. The van der Waals surface area contributed by atoms with Crippen LogP contribution in [-0.4, -0.2) is 15.8 Å². The third-order valence-corrected chi connectivity index (χ3v) is 4.13. The third-order valence-electron chi connectivity index (χ3n) is 3.94. The van der Waals surface area contributed by atoms with Gasteiger partial charge in [0, 0.05) is 12.3 Å². The number of fused-ring (bicyclic) bond motifs is 1. The molecule has 1 N–H and O–H groups in total. The number of benzene rings is 2. The van der Waals surface area contributed by atoms with Gasteiger partial charge in [-0.2, -0.15) is 0 Å². The van der Waals surface area contributed by atoms with Crippen LogP contribution >= 0.6 is 11.6 Å². The highest BCUT2D eigenvalue weighted by molar-refractivity contribution is 6.18. The normalized spacial score (nSPS) is 11.2. The van der Waals surface area contributed by atoms with E-state index in [0.29, 0.717) is 5.88 Å². The van der Waals surface area contributed by atoms with Gasteiger partial charge in [-0.15, -0.1) is 11.6 Å². The molecule has 21 heavy (non-hydrogen) atoms. The predicted octanol–water partition coefficient (Wildman–Crippen LogP) is 4.88. The van der Waals surface area contributed by atoms with Crippen molar-refractivity contribution in [2.75, 3.05) is 5.88 Å². The smallest absolute Gasteiger partial charge is 0.106 e. The standard InChI is InChI=1S/C18H19ClN2/c1-3-17-20-16-9-8-15(12(2)18(16)21-17)14-6-4-13(5-7-14)10-11-19/h4-9H,3,10-11H2,1-2H3,(H,20,21). The van der Waals surface area contributed by atoms with Gasteiger partial charge in [-0.3, -0.25) is 0 Å². The first-order valence-electron chi connectivity index (χ1n) is 7.36. The van der Waals surface area contributed by atoms with Gasteiger partial charge in [0.15, 0.2) is 0 Å². The molecule has 0 fully saturated rings. The number of aryl methyl sites for hydroxylation is 3. The van der Waals surface area contributed by atoms with E-state index in [0.717, 1.165) is 29.7 Å². The Balaban J connectivity index is 2.05. The summed E-state index contributed by atoms with van der Waals surface area (Å²) in [5.41, 5.74) is 7.18. The Kier molecular flexibility index (Phi) is 3.98. The number of hydrogen-bond donors (Lipinski definition) is 1. The first kappa shape index (κ1) is 14.2. The van der Waals surface area contributed by atoms with Gasteiger partial charge in [0.1, 0.15) is 5.82 Å². The molecule has 0 bridgehead atoms. The van der Waals surface area contributed by atoms with Crippen molar-refractivity contribution in [3.8, 4) is 11.1 Å². The number of nitrogens with one attached hydrogen (secondary N) is 1. The van der Waals surface area contributed by atoms with Gasteiger partial charge in [-0.1, -0.05) is 37.3 Å². The minimum Gasteiger partial charge on any atom is -0.342 e. The van der Waals surface area contributed by atoms with Crippen LogP contribution < -0.4 is 0 Å². The summed E-state index contributed by atoms with van der Waals surface area (Å²) in [6.45, 7) is 4.26. The number of hydrogen-bond acceptors (Lipinski definition) is 1. The Hall–Kier alpha value is -1.80. The lowest BCUT2D eigenvalue weighted by Crippen LogP contribution is -1.88. The number of aromatic amines is 1. The minimum atomic E-state index is 0.664. The molecule has 0 aliphatic heterocycles. The van der Waals surface area contributed by atoms with Crippen LogP contribution in [0.3, 0.4) is 0 Å². The third kappa shape index (κ3) is 2.68. The molecule has 1 aromatic heterocycles. The Bertz CT molecular complexity index is 757. The Labute approximate surface area is 130 Å². The van der Waals surface area contributed by atoms with Crippen molar-refractivity contribution < 1.29 is 0 Å². The number of halogens is 1. The minimum absolute atomic E-state index is 0.664. The van der Waals surface area contributed by atoms with Crippen LogP contribution in [0.4, 0.5) is 0 Å². The maximum Gasteiger partial charge on any atom is 0.106 e. The van der Waals surface area contributed by atoms with E-state index in [-0.39, 0.29) is 0 Å². The molecule has 3 aromatic rings. The van der Waals surface area contributed by atoms with Crippen molar-refractivity contribution in [2.45, 2.75) is 26.7 Å². The molecule has 0 saturated carbocycles. The van der Waals surface area contributed by atoms with Crippen LogP contribution in [0.1, 0.15) is 23.9 Å². The molecule has 0 aliphatic rings. The average Bonchev–Trinajstić information content (AvgIpc) is 2.93. The van der Waals surface area contributed by atoms with Crippen molar-refractivity contribution in [3.63, 3.8) is 0 Å². The molecule has 3 heteroatoms. The highest BCUT2D eigenvalue weighted by Crippen LogP contribution is 2.29. The van der Waals surface area contributed by atoms with Crippen molar-refractivity contribution in [1.29, 1.82) is 0 Å². The van der Waals surface area contributed by atoms with E-state index in [1.54, 1.807) is 0 Å². The second-order valence-corrected chi connectivity index (χ2v) is 5.69. The van der Waals surface area contributed by atoms with E-state index < -0.39 is 0 Å². The maximum atomic E-state index is 5.79. The number of alkyl halides is 1. The van der Waals surface area contributed by atoms with E-state index in [9.17, 15) is 0 Å². The molecule has 108 valence electrons. The zero-order valence-corrected chi connectivity index (χ0v) is 13.2. The SMILES string of the molecule is CCc1nc2c(C)c(-c3ccc(CCCl)cc3)ccc2[nH]1. The zero-order chi connectivity index (χ0) is 14.8. The molecule has 0 unspecified atom stereocenters. The molecule has 1 heterocycles. The summed E-state index contributed by atoms with van der Waals surface area (Å²) in [6.07, 6.45) is 1.84. The van der Waals surface area contributed by atoms with Crippen LogP contribution in [0.2, 0.25) is 0 Å². The van der Waals surface area contributed by atoms with Gasteiger partial charge in [0.25, 0.3) is 0 Å². The second kappa shape index (κ2) is 5.90. The number of nitrogens with zero attached hydrogens (tertiary/aromatic N) is 1. The fraction of sp³-hybridized carbons (Fsp3) is 0.278. The lowest BCUT2D eigenvalue weighted by atomic mass is 9.98. The number of H-pyrrole nitrogens is 1. The van der Waals surface area contributed by atoms with Gasteiger partial charge in [-0.25, -0.2) is 4.98 Å². The van der Waals surface area contributed by atoms with Gasteiger partial charge >= 0.3 is 0 Å². The van der Waals surface area contributed by atoms with Crippen LogP contribution in [0.25, 0.3) is 22.2 Å². The van der Waals surface area contributed by atoms with E-state index in [1.807, 2.05) is 0 Å². The summed E-state index contributed by atoms with van der Waals surface area (Å²) >= 11 is 5.79. The molecule has 0 spiro atoms. The molecule has 0 aliphatic carbocycles. The number of rotatable bonds is 4. The Morgan fingerprint density at radius 1 is 1.10 bits per heavy atom. The highest BCUT2D eigenvalue weighted by Gasteiger charge is 2.09. The molecule has 0 atom stereocenters. The van der Waals surface area contributed by atoms with Crippen LogP contribution in [0.5, 0.6) is 0 Å². The summed E-state index contributed by atoms with van der Waals surface area (Å²) in [6, 6.07) is 12.9. The van der Waals surface area contributed by atoms with E-state index in [1.165, 1.54) is 22.3 Å². The quantitative estimate of drug-likeness (QED) is 0.683. The maximum absolute atomic E-state index is 5.79. The van der Waals surface area contributed by atoms with Crippen LogP contribution in [-0.2, 0) is 12.8 Å². The lowest BCUT2D eigenvalue weighted by molar-refractivity contribution is 1.000. The summed E-state index contributed by atoms with van der Waals surface area (Å²) in [5, 5.41) is 0. The van der Waals surface area contributed by atoms with Crippen molar-refractivity contribution in [3.05, 3.63) is 53.3 Å². The van der Waals surface area contributed by atoms with E-state index >= 15 is 0 Å².